The van der Waals surface area contributed by atoms with Gasteiger partial charge in [-0.25, -0.2) is 13.4 Å². The number of aliphatic hydroxyl groups excluding tert-OH is 1. The van der Waals surface area contributed by atoms with Gasteiger partial charge in [-0.05, 0) is 49.8 Å². The van der Waals surface area contributed by atoms with Crippen LogP contribution in [0.25, 0.3) is 0 Å². The molecule has 1 aromatic heterocycles. The minimum absolute atomic E-state index is 0.0198. The number of ether oxygens (including phenoxy) is 1. The van der Waals surface area contributed by atoms with E-state index in [1.54, 1.807) is 25.4 Å². The first-order chi connectivity index (χ1) is 12.3. The molecule has 8 heteroatoms. The highest BCUT2D eigenvalue weighted by Crippen LogP contribution is 2.35. The number of sulfonamides is 1. The fourth-order valence-electron chi connectivity index (χ4n) is 3.62. The number of nitrogens with one attached hydrogen (secondary N) is 1. The number of benzene rings is 1. The quantitative estimate of drug-likeness (QED) is 0.830. The first-order valence-corrected chi connectivity index (χ1v) is 10.1. The van der Waals surface area contributed by atoms with Gasteiger partial charge < -0.3 is 14.8 Å². The number of hydrogen-bond acceptors (Lipinski definition) is 5. The summed E-state index contributed by atoms with van der Waals surface area (Å²) < 4.78 is 33.2. The molecular formula is C18H25N3O4S. The molecule has 1 aromatic carbocycles. The second-order valence-electron chi connectivity index (χ2n) is 6.77. The monoisotopic (exact) mass is 379 g/mol. The maximum atomic E-state index is 13.2. The smallest absolute Gasteiger partial charge is 0.247 e. The van der Waals surface area contributed by atoms with Gasteiger partial charge in [0.15, 0.2) is 0 Å². The molecule has 0 bridgehead atoms. The van der Waals surface area contributed by atoms with Crippen LogP contribution < -0.4 is 4.74 Å². The van der Waals surface area contributed by atoms with Crippen LogP contribution in [0.2, 0.25) is 0 Å². The Morgan fingerprint density at radius 3 is 2.58 bits per heavy atom. The van der Waals surface area contributed by atoms with E-state index in [-0.39, 0.29) is 10.8 Å². The average Bonchev–Trinajstić information content (AvgIpc) is 3.14. The van der Waals surface area contributed by atoms with Gasteiger partial charge in [-0.2, -0.15) is 4.31 Å². The number of aryl methyl sites for hydroxylation is 2. The van der Waals surface area contributed by atoms with E-state index in [1.165, 1.54) is 11.4 Å². The summed E-state index contributed by atoms with van der Waals surface area (Å²) in [5.41, 5.74) is 1.64. The summed E-state index contributed by atoms with van der Waals surface area (Å²) in [4.78, 5) is 7.25. The molecule has 1 fully saturated rings. The molecule has 0 spiro atoms. The van der Waals surface area contributed by atoms with Gasteiger partial charge in [0.2, 0.25) is 10.0 Å². The molecule has 1 aliphatic rings. The molecule has 1 saturated heterocycles. The molecule has 2 aromatic rings. The molecule has 7 nitrogen and oxygen atoms in total. The standard InChI is InChI=1S/C18H25N3O4S/c1-12-10-13(2)17(15(11-12)25-3)26(23,24)21-8-4-14(5-9-21)16(22)18-19-6-7-20-18/h6-7,10-11,14,16,22H,4-5,8-9H2,1-3H3,(H,19,20). The Kier molecular flexibility index (Phi) is 5.36. The Balaban J connectivity index is 1.79. The minimum Gasteiger partial charge on any atom is -0.495 e. The molecule has 1 atom stereocenters. The van der Waals surface area contributed by atoms with Crippen LogP contribution in [-0.4, -0.2) is 48.0 Å². The van der Waals surface area contributed by atoms with Crippen molar-refractivity contribution in [3.8, 4) is 5.75 Å². The number of rotatable bonds is 5. The summed E-state index contributed by atoms with van der Waals surface area (Å²) in [6.45, 7) is 4.42. The highest BCUT2D eigenvalue weighted by atomic mass is 32.2. The van der Waals surface area contributed by atoms with Crippen LogP contribution >= 0.6 is 0 Å². The lowest BCUT2D eigenvalue weighted by Crippen LogP contribution is -2.40. The molecule has 0 saturated carbocycles. The minimum atomic E-state index is -3.65. The van der Waals surface area contributed by atoms with Crippen LogP contribution in [-0.2, 0) is 10.0 Å². The van der Waals surface area contributed by atoms with Gasteiger partial charge in [0.05, 0.1) is 7.11 Å². The van der Waals surface area contributed by atoms with Gasteiger partial charge in [-0.15, -0.1) is 0 Å². The Bertz CT molecular complexity index is 857. The van der Waals surface area contributed by atoms with Crippen LogP contribution in [0.5, 0.6) is 5.75 Å². The molecule has 2 N–H and O–H groups in total. The summed E-state index contributed by atoms with van der Waals surface area (Å²) in [5, 5.41) is 10.4. The third-order valence-electron chi connectivity index (χ3n) is 4.95. The Morgan fingerprint density at radius 1 is 1.31 bits per heavy atom. The van der Waals surface area contributed by atoms with Gasteiger partial charge in [-0.3, -0.25) is 0 Å². The van der Waals surface area contributed by atoms with Crippen molar-refractivity contribution in [2.75, 3.05) is 20.2 Å². The van der Waals surface area contributed by atoms with E-state index >= 15 is 0 Å². The predicted molar refractivity (Wildman–Crippen MR) is 97.5 cm³/mol. The molecule has 0 amide bonds. The maximum absolute atomic E-state index is 13.2. The van der Waals surface area contributed by atoms with Crippen molar-refractivity contribution in [2.24, 2.45) is 5.92 Å². The van der Waals surface area contributed by atoms with E-state index in [2.05, 4.69) is 9.97 Å². The SMILES string of the molecule is COc1cc(C)cc(C)c1S(=O)(=O)N1CCC(C(O)c2ncc[nH]2)CC1. The summed E-state index contributed by atoms with van der Waals surface area (Å²) in [5.74, 6) is 0.885. The van der Waals surface area contributed by atoms with Crippen LogP contribution in [0.15, 0.2) is 29.4 Å². The number of H-pyrrole nitrogens is 1. The topological polar surface area (TPSA) is 95.5 Å². The van der Waals surface area contributed by atoms with Crippen molar-refractivity contribution in [3.63, 3.8) is 0 Å². The van der Waals surface area contributed by atoms with E-state index in [4.69, 9.17) is 4.74 Å². The molecule has 1 unspecified atom stereocenters. The highest BCUT2D eigenvalue weighted by Gasteiger charge is 2.35. The highest BCUT2D eigenvalue weighted by molar-refractivity contribution is 7.89. The Labute approximate surface area is 154 Å². The van der Waals surface area contributed by atoms with Gasteiger partial charge in [-0.1, -0.05) is 6.07 Å². The van der Waals surface area contributed by atoms with Crippen molar-refractivity contribution in [2.45, 2.75) is 37.7 Å². The Morgan fingerprint density at radius 2 is 2.00 bits per heavy atom. The number of aliphatic hydroxyl groups is 1. The lowest BCUT2D eigenvalue weighted by Gasteiger charge is -2.33. The second kappa shape index (κ2) is 7.38. The van der Waals surface area contributed by atoms with E-state index in [0.717, 1.165) is 5.56 Å². The summed E-state index contributed by atoms with van der Waals surface area (Å²) >= 11 is 0. The number of nitrogens with zero attached hydrogens (tertiary/aromatic N) is 2. The molecule has 0 radical (unpaired) electrons. The molecule has 142 valence electrons. The van der Waals surface area contributed by atoms with E-state index < -0.39 is 16.1 Å². The van der Waals surface area contributed by atoms with Crippen molar-refractivity contribution < 1.29 is 18.3 Å². The van der Waals surface area contributed by atoms with Gasteiger partial charge in [0, 0.05) is 25.5 Å². The van der Waals surface area contributed by atoms with Crippen molar-refractivity contribution in [1.82, 2.24) is 14.3 Å². The number of piperidine rings is 1. The summed E-state index contributed by atoms with van der Waals surface area (Å²) in [6, 6.07) is 3.59. The van der Waals surface area contributed by atoms with Crippen LogP contribution in [0, 0.1) is 19.8 Å². The molecule has 2 heterocycles. The van der Waals surface area contributed by atoms with Crippen molar-refractivity contribution >= 4 is 10.0 Å². The molecular weight excluding hydrogens is 354 g/mol. The first kappa shape index (κ1) is 18.9. The fourth-order valence-corrected chi connectivity index (χ4v) is 5.43. The third kappa shape index (κ3) is 3.49. The zero-order valence-corrected chi connectivity index (χ0v) is 16.1. The van der Waals surface area contributed by atoms with E-state index in [0.29, 0.717) is 43.1 Å². The molecule has 0 aliphatic carbocycles. The van der Waals surface area contributed by atoms with Crippen molar-refractivity contribution in [1.29, 1.82) is 0 Å². The lowest BCUT2D eigenvalue weighted by atomic mass is 9.92. The zero-order chi connectivity index (χ0) is 18.9. The number of imidazole rings is 1. The predicted octanol–water partition coefficient (Wildman–Crippen LogP) is 2.17. The third-order valence-corrected chi connectivity index (χ3v) is 7.03. The lowest BCUT2D eigenvalue weighted by molar-refractivity contribution is 0.0696. The number of methoxy groups -OCH3 is 1. The van der Waals surface area contributed by atoms with E-state index in [9.17, 15) is 13.5 Å². The van der Waals surface area contributed by atoms with Crippen molar-refractivity contribution in [3.05, 3.63) is 41.5 Å². The molecule has 26 heavy (non-hydrogen) atoms. The average molecular weight is 379 g/mol. The van der Waals surface area contributed by atoms with E-state index in [1.807, 2.05) is 13.0 Å². The second-order valence-corrected chi connectivity index (χ2v) is 8.65. The Hall–Kier alpha value is -1.90. The largest absolute Gasteiger partial charge is 0.495 e. The zero-order valence-electron chi connectivity index (χ0n) is 15.3. The maximum Gasteiger partial charge on any atom is 0.247 e. The summed E-state index contributed by atoms with van der Waals surface area (Å²) in [7, 11) is -2.17. The fraction of sp³-hybridized carbons (Fsp3) is 0.500. The van der Waals surface area contributed by atoms with Crippen LogP contribution in [0.3, 0.4) is 0 Å². The first-order valence-electron chi connectivity index (χ1n) is 8.67. The molecule has 3 rings (SSSR count). The van der Waals surface area contributed by atoms with Gasteiger partial charge >= 0.3 is 0 Å². The van der Waals surface area contributed by atoms with Crippen LogP contribution in [0.1, 0.15) is 35.9 Å². The van der Waals surface area contributed by atoms with Gasteiger partial charge in [0.1, 0.15) is 22.6 Å². The van der Waals surface area contributed by atoms with Crippen LogP contribution in [0.4, 0.5) is 0 Å². The number of aromatic nitrogens is 2. The molecule has 1 aliphatic heterocycles. The van der Waals surface area contributed by atoms with Gasteiger partial charge in [0.25, 0.3) is 0 Å². The normalized spacial score (nSPS) is 18.0. The number of hydrogen-bond donors (Lipinski definition) is 2. The number of aromatic amines is 1. The summed E-state index contributed by atoms with van der Waals surface area (Å²) in [6.07, 6.45) is 3.73.